The Morgan fingerprint density at radius 1 is 1.22 bits per heavy atom. The topological polar surface area (TPSA) is 75.2 Å². The van der Waals surface area contributed by atoms with Crippen molar-refractivity contribution in [2.45, 2.75) is 79.1 Å². The van der Waals surface area contributed by atoms with Gasteiger partial charge in [-0.25, -0.2) is 0 Å². The minimum absolute atomic E-state index is 0.0884. The van der Waals surface area contributed by atoms with E-state index in [2.05, 4.69) is 36.3 Å². The van der Waals surface area contributed by atoms with E-state index < -0.39 is 5.92 Å². The molecular weight excluding hydrogens is 420 g/mol. The highest BCUT2D eigenvalue weighted by atomic mass is 32.1. The van der Waals surface area contributed by atoms with Crippen LogP contribution in [0.5, 0.6) is 0 Å². The number of likely N-dealkylation sites (tertiary alicyclic amines) is 1. The molecule has 174 valence electrons. The van der Waals surface area contributed by atoms with E-state index in [-0.39, 0.29) is 17.2 Å². The molecule has 2 heterocycles. The summed E-state index contributed by atoms with van der Waals surface area (Å²) in [6.07, 6.45) is 9.02. The second-order valence-electron chi connectivity index (χ2n) is 11.2. The molecule has 6 atom stereocenters. The van der Waals surface area contributed by atoms with E-state index in [1.165, 1.54) is 54.7 Å². The van der Waals surface area contributed by atoms with Crippen LogP contribution in [0.25, 0.3) is 0 Å². The molecule has 0 bridgehead atoms. The highest BCUT2D eigenvalue weighted by molar-refractivity contribution is 7.15. The molecule has 1 N–H and O–H groups in total. The zero-order chi connectivity index (χ0) is 22.8. The van der Waals surface area contributed by atoms with Gasteiger partial charge in [-0.1, -0.05) is 44.1 Å². The molecule has 4 aliphatic rings. The van der Waals surface area contributed by atoms with Gasteiger partial charge in [0.1, 0.15) is 10.9 Å². The highest BCUT2D eigenvalue weighted by Crippen LogP contribution is 2.65. The number of carbonyl (C=O) groups excluding carboxylic acids is 2. The van der Waals surface area contributed by atoms with Crippen LogP contribution in [0.2, 0.25) is 0 Å². The van der Waals surface area contributed by atoms with Crippen LogP contribution in [0.3, 0.4) is 0 Å². The van der Waals surface area contributed by atoms with E-state index in [9.17, 15) is 9.59 Å². The predicted octanol–water partition coefficient (Wildman–Crippen LogP) is 5.03. The Kier molecular flexibility index (Phi) is 5.27. The molecule has 1 aliphatic heterocycles. The molecule has 1 aromatic rings. The third-order valence-electron chi connectivity index (χ3n) is 9.43. The standard InChI is InChI=1S/C25H36N4O2S/c1-6-19-27-28-23(32-19)26-21(30)16-13-25(4)18-9-11-24(3)10-7-8-17(24)15(18)12-14(2)20(25)29(5)22(16)31/h15-18H,6-13H2,1-5H3,(H,26,28,30)/t15-,16?,17-,18+,24-,25+/m0/s1. The average Bonchev–Trinajstić information content (AvgIpc) is 3.36. The molecule has 3 fully saturated rings. The number of rotatable bonds is 3. The van der Waals surface area contributed by atoms with E-state index in [0.29, 0.717) is 28.8 Å². The van der Waals surface area contributed by atoms with Crippen LogP contribution in [-0.2, 0) is 16.0 Å². The van der Waals surface area contributed by atoms with Crippen molar-refractivity contribution in [3.63, 3.8) is 0 Å². The number of nitrogens with zero attached hydrogens (tertiary/aromatic N) is 3. The van der Waals surface area contributed by atoms with Gasteiger partial charge in [-0.3, -0.25) is 14.9 Å². The van der Waals surface area contributed by atoms with Crippen LogP contribution in [0, 0.1) is 34.5 Å². The molecule has 7 heteroatoms. The third-order valence-corrected chi connectivity index (χ3v) is 10.4. The molecule has 5 rings (SSSR count). The van der Waals surface area contributed by atoms with Gasteiger partial charge < -0.3 is 4.90 Å². The molecule has 0 aromatic carbocycles. The Morgan fingerprint density at radius 2 is 2.00 bits per heavy atom. The van der Waals surface area contributed by atoms with Crippen molar-refractivity contribution in [3.8, 4) is 0 Å². The number of anilines is 1. The predicted molar refractivity (Wildman–Crippen MR) is 126 cm³/mol. The Labute approximate surface area is 195 Å². The van der Waals surface area contributed by atoms with Gasteiger partial charge in [0, 0.05) is 18.2 Å². The van der Waals surface area contributed by atoms with Crippen LogP contribution in [0.1, 0.15) is 77.6 Å². The minimum atomic E-state index is -0.675. The Balaban J connectivity index is 1.46. The molecule has 1 saturated heterocycles. The first kappa shape index (κ1) is 22.1. The molecule has 3 aliphatic carbocycles. The smallest absolute Gasteiger partial charge is 0.239 e. The largest absolute Gasteiger partial charge is 0.318 e. The summed E-state index contributed by atoms with van der Waals surface area (Å²) < 4.78 is 0. The lowest BCUT2D eigenvalue weighted by molar-refractivity contribution is -0.147. The number of allylic oxidation sites excluding steroid dienone is 2. The van der Waals surface area contributed by atoms with Gasteiger partial charge in [0.25, 0.3) is 0 Å². The molecule has 6 nitrogen and oxygen atoms in total. The summed E-state index contributed by atoms with van der Waals surface area (Å²) in [5.74, 6) is 0.989. The van der Waals surface area contributed by atoms with E-state index in [1.54, 1.807) is 0 Å². The highest BCUT2D eigenvalue weighted by Gasteiger charge is 2.60. The number of aryl methyl sites for hydroxylation is 1. The van der Waals surface area contributed by atoms with Gasteiger partial charge in [0.15, 0.2) is 0 Å². The lowest BCUT2D eigenvalue weighted by atomic mass is 9.48. The first-order valence-electron chi connectivity index (χ1n) is 12.3. The number of nitrogens with one attached hydrogen (secondary N) is 1. The second kappa shape index (κ2) is 7.64. The van der Waals surface area contributed by atoms with Crippen molar-refractivity contribution in [1.82, 2.24) is 15.1 Å². The number of aromatic nitrogens is 2. The molecule has 32 heavy (non-hydrogen) atoms. The molecule has 2 saturated carbocycles. The second-order valence-corrected chi connectivity index (χ2v) is 12.3. The summed E-state index contributed by atoms with van der Waals surface area (Å²) >= 11 is 1.39. The van der Waals surface area contributed by atoms with Crippen molar-refractivity contribution in [2.24, 2.45) is 34.5 Å². The van der Waals surface area contributed by atoms with Crippen molar-refractivity contribution >= 4 is 28.3 Å². The fourth-order valence-electron chi connectivity index (χ4n) is 8.09. The van der Waals surface area contributed by atoms with Crippen LogP contribution < -0.4 is 5.32 Å². The SMILES string of the molecule is CCc1nnc(NC(=O)C2C[C@@]3(C)C(=C(C)C[C@@H]4[C@H]3CC[C@]3(C)CCC[C@@H]43)N(C)C2=O)s1. The fraction of sp³-hybridized carbons (Fsp3) is 0.760. The number of amides is 2. The van der Waals surface area contributed by atoms with Gasteiger partial charge in [0.2, 0.25) is 16.9 Å². The maximum absolute atomic E-state index is 13.4. The maximum Gasteiger partial charge on any atom is 0.239 e. The number of carbonyl (C=O) groups is 2. The van der Waals surface area contributed by atoms with E-state index in [1.807, 2.05) is 18.9 Å². The Bertz CT molecular complexity index is 986. The van der Waals surface area contributed by atoms with Gasteiger partial charge in [-0.15, -0.1) is 10.2 Å². The molecule has 0 spiro atoms. The average molecular weight is 457 g/mol. The number of hydrogen-bond acceptors (Lipinski definition) is 5. The van der Waals surface area contributed by atoms with E-state index >= 15 is 0 Å². The molecular formula is C25H36N4O2S. The van der Waals surface area contributed by atoms with Crippen LogP contribution >= 0.6 is 11.3 Å². The van der Waals surface area contributed by atoms with Gasteiger partial charge in [-0.05, 0) is 75.0 Å². The quantitative estimate of drug-likeness (QED) is 0.647. The molecule has 1 aromatic heterocycles. The first-order chi connectivity index (χ1) is 15.2. The zero-order valence-corrected chi connectivity index (χ0v) is 20.8. The van der Waals surface area contributed by atoms with Crippen molar-refractivity contribution in [3.05, 3.63) is 16.3 Å². The number of piperidine rings is 1. The van der Waals surface area contributed by atoms with E-state index in [4.69, 9.17) is 0 Å². The van der Waals surface area contributed by atoms with E-state index in [0.717, 1.165) is 23.8 Å². The summed E-state index contributed by atoms with van der Waals surface area (Å²) in [7, 11) is 1.88. The normalized spacial score (nSPS) is 38.9. The third kappa shape index (κ3) is 3.17. The van der Waals surface area contributed by atoms with Crippen LogP contribution in [0.15, 0.2) is 11.3 Å². The minimum Gasteiger partial charge on any atom is -0.318 e. The lowest BCUT2D eigenvalue weighted by Crippen LogP contribution is -2.57. The van der Waals surface area contributed by atoms with Crippen LogP contribution in [-0.4, -0.2) is 34.0 Å². The molecule has 2 amide bonds. The van der Waals surface area contributed by atoms with Crippen LogP contribution in [0.4, 0.5) is 5.13 Å². The van der Waals surface area contributed by atoms with Crippen molar-refractivity contribution < 1.29 is 9.59 Å². The first-order valence-corrected chi connectivity index (χ1v) is 13.1. The van der Waals surface area contributed by atoms with Gasteiger partial charge >= 0.3 is 0 Å². The van der Waals surface area contributed by atoms with Crippen molar-refractivity contribution in [2.75, 3.05) is 12.4 Å². The van der Waals surface area contributed by atoms with Gasteiger partial charge in [0.05, 0.1) is 0 Å². The summed E-state index contributed by atoms with van der Waals surface area (Å²) in [6.45, 7) is 9.09. The van der Waals surface area contributed by atoms with Gasteiger partial charge in [-0.2, -0.15) is 0 Å². The summed E-state index contributed by atoms with van der Waals surface area (Å²) in [4.78, 5) is 28.4. The maximum atomic E-state index is 13.4. The summed E-state index contributed by atoms with van der Waals surface area (Å²) in [5, 5.41) is 12.5. The van der Waals surface area contributed by atoms with Crippen molar-refractivity contribution in [1.29, 1.82) is 0 Å². The summed E-state index contributed by atoms with van der Waals surface area (Å²) in [6, 6.07) is 0. The monoisotopic (exact) mass is 456 g/mol. The Morgan fingerprint density at radius 3 is 2.72 bits per heavy atom. The number of hydrogen-bond donors (Lipinski definition) is 1. The zero-order valence-electron chi connectivity index (χ0n) is 20.0. The Hall–Kier alpha value is -1.76. The molecule has 1 unspecified atom stereocenters. The lowest BCUT2D eigenvalue weighted by Gasteiger charge is -2.59. The summed E-state index contributed by atoms with van der Waals surface area (Å²) in [5.41, 5.74) is 2.89. The fourth-order valence-corrected chi connectivity index (χ4v) is 8.77. The number of fused-ring (bicyclic) bond motifs is 5. The molecule has 0 radical (unpaired) electrons.